The van der Waals surface area contributed by atoms with E-state index in [1.165, 1.54) is 17.0 Å². The molecule has 0 aromatic heterocycles. The first kappa shape index (κ1) is 34.0. The van der Waals surface area contributed by atoms with Crippen molar-refractivity contribution in [2.45, 2.75) is 51.1 Å². The first-order valence-corrected chi connectivity index (χ1v) is 16.9. The van der Waals surface area contributed by atoms with Gasteiger partial charge in [-0.3, -0.25) is 13.9 Å². The van der Waals surface area contributed by atoms with Crippen LogP contribution < -0.4 is 9.62 Å². The first-order chi connectivity index (χ1) is 21.5. The molecule has 0 saturated heterocycles. The molecule has 4 aromatic carbocycles. The molecule has 1 N–H and O–H groups in total. The number of sulfonamides is 1. The molecule has 0 fully saturated rings. The van der Waals surface area contributed by atoms with Gasteiger partial charge in [0.2, 0.25) is 11.8 Å². The number of rotatable bonds is 13. The third-order valence-corrected chi connectivity index (χ3v) is 9.92. The molecule has 0 aliphatic carbocycles. The number of anilines is 1. The predicted molar refractivity (Wildman–Crippen MR) is 181 cm³/mol. The van der Waals surface area contributed by atoms with Crippen LogP contribution in [0.4, 0.5) is 5.69 Å². The molecule has 1 unspecified atom stereocenters. The number of nitrogens with zero attached hydrogens (tertiary/aromatic N) is 2. The van der Waals surface area contributed by atoms with Gasteiger partial charge in [-0.25, -0.2) is 8.42 Å². The lowest BCUT2D eigenvalue weighted by molar-refractivity contribution is -0.140. The van der Waals surface area contributed by atoms with Gasteiger partial charge in [-0.2, -0.15) is 0 Å². The van der Waals surface area contributed by atoms with E-state index in [9.17, 15) is 18.0 Å². The van der Waals surface area contributed by atoms with E-state index in [1.807, 2.05) is 44.2 Å². The normalized spacial score (nSPS) is 11.9. The van der Waals surface area contributed by atoms with Crippen molar-refractivity contribution in [3.05, 3.63) is 129 Å². The van der Waals surface area contributed by atoms with E-state index < -0.39 is 28.5 Å². The zero-order chi connectivity index (χ0) is 32.6. The van der Waals surface area contributed by atoms with Crippen molar-refractivity contribution in [3.8, 4) is 0 Å². The molecule has 0 bridgehead atoms. The number of carbonyl (C=O) groups excluding carboxylic acids is 2. The van der Waals surface area contributed by atoms with Crippen molar-refractivity contribution in [1.29, 1.82) is 0 Å². The first-order valence-electron chi connectivity index (χ1n) is 14.7. The zero-order valence-electron chi connectivity index (χ0n) is 25.5. The average Bonchev–Trinajstić information content (AvgIpc) is 3.03. The molecule has 0 radical (unpaired) electrons. The molecular weight excluding hydrogens is 629 g/mol. The highest BCUT2D eigenvalue weighted by Crippen LogP contribution is 2.31. The number of aryl methyl sites for hydroxylation is 1. The number of nitrogens with one attached hydrogen (secondary N) is 1. The van der Waals surface area contributed by atoms with Crippen LogP contribution in [0.15, 0.2) is 102 Å². The predicted octanol–water partition coefficient (Wildman–Crippen LogP) is 6.97. The van der Waals surface area contributed by atoms with Gasteiger partial charge in [-0.05, 0) is 73.4 Å². The molecule has 236 valence electrons. The summed E-state index contributed by atoms with van der Waals surface area (Å²) in [5.74, 6) is -0.873. The van der Waals surface area contributed by atoms with Crippen LogP contribution in [0, 0.1) is 13.8 Å². The van der Waals surface area contributed by atoms with Crippen LogP contribution in [0.3, 0.4) is 0 Å². The van der Waals surface area contributed by atoms with Gasteiger partial charge in [0.25, 0.3) is 10.0 Å². The highest BCUT2D eigenvalue weighted by atomic mass is 35.5. The van der Waals surface area contributed by atoms with Crippen molar-refractivity contribution in [2.75, 3.05) is 17.4 Å². The molecule has 0 aliphatic rings. The molecule has 1 atom stereocenters. The summed E-state index contributed by atoms with van der Waals surface area (Å²) in [6.07, 6.45) is 0.947. The van der Waals surface area contributed by atoms with Crippen LogP contribution in [0.2, 0.25) is 10.0 Å². The van der Waals surface area contributed by atoms with Gasteiger partial charge >= 0.3 is 0 Å². The van der Waals surface area contributed by atoms with Crippen molar-refractivity contribution in [3.63, 3.8) is 0 Å². The second-order valence-electron chi connectivity index (χ2n) is 10.9. The Morgan fingerprint density at radius 1 is 0.822 bits per heavy atom. The summed E-state index contributed by atoms with van der Waals surface area (Å²) in [7, 11) is -4.23. The summed E-state index contributed by atoms with van der Waals surface area (Å²) < 4.78 is 29.5. The van der Waals surface area contributed by atoms with E-state index in [-0.39, 0.29) is 29.5 Å². The van der Waals surface area contributed by atoms with E-state index in [4.69, 9.17) is 23.2 Å². The van der Waals surface area contributed by atoms with E-state index in [0.717, 1.165) is 21.0 Å². The van der Waals surface area contributed by atoms with Crippen LogP contribution in [0.5, 0.6) is 0 Å². The quantitative estimate of drug-likeness (QED) is 0.167. The minimum absolute atomic E-state index is 0.0334. The summed E-state index contributed by atoms with van der Waals surface area (Å²) >= 11 is 12.6. The highest BCUT2D eigenvalue weighted by molar-refractivity contribution is 7.92. The number of amides is 2. The minimum atomic E-state index is -4.23. The van der Waals surface area contributed by atoms with Gasteiger partial charge < -0.3 is 10.2 Å². The maximum atomic E-state index is 14.5. The fourth-order valence-electron chi connectivity index (χ4n) is 4.92. The molecule has 7 nitrogen and oxygen atoms in total. The standard InChI is InChI=1S/C35H37Cl2N3O4S/c1-4-21-38-35(42)33(22-27-9-6-5-7-10-27)39(23-28-15-17-29(36)18-16-28)34(41)24-40(32-12-8-11-31(37)26(32)3)45(43,44)30-19-13-25(2)14-20-30/h5-20,33H,4,21-24H2,1-3H3,(H,38,42). The number of carbonyl (C=O) groups is 2. The fourth-order valence-corrected chi connectivity index (χ4v) is 6.69. The lowest BCUT2D eigenvalue weighted by Gasteiger charge is -2.34. The second-order valence-corrected chi connectivity index (χ2v) is 13.6. The lowest BCUT2D eigenvalue weighted by Crippen LogP contribution is -2.53. The SMILES string of the molecule is CCCNC(=O)C(Cc1ccccc1)N(Cc1ccc(Cl)cc1)C(=O)CN(c1cccc(Cl)c1C)S(=O)(=O)c1ccc(C)cc1. The molecule has 4 rings (SSSR count). The van der Waals surface area contributed by atoms with Gasteiger partial charge in [0, 0.05) is 29.6 Å². The summed E-state index contributed by atoms with van der Waals surface area (Å²) in [5.41, 5.74) is 3.27. The third kappa shape index (κ3) is 8.66. The van der Waals surface area contributed by atoms with E-state index in [0.29, 0.717) is 28.6 Å². The summed E-state index contributed by atoms with van der Waals surface area (Å²) in [4.78, 5) is 29.7. The van der Waals surface area contributed by atoms with Crippen LogP contribution in [-0.4, -0.2) is 44.3 Å². The molecule has 0 saturated carbocycles. The van der Waals surface area contributed by atoms with Crippen molar-refractivity contribution in [2.24, 2.45) is 0 Å². The zero-order valence-corrected chi connectivity index (χ0v) is 27.9. The topological polar surface area (TPSA) is 86.8 Å². The number of halogens is 2. The maximum Gasteiger partial charge on any atom is 0.264 e. The summed E-state index contributed by atoms with van der Waals surface area (Å²) in [6.45, 7) is 5.45. The summed E-state index contributed by atoms with van der Waals surface area (Å²) in [6, 6.07) is 26.9. The molecule has 0 spiro atoms. The van der Waals surface area contributed by atoms with Gasteiger partial charge in [0.1, 0.15) is 12.6 Å². The monoisotopic (exact) mass is 665 g/mol. The molecule has 10 heteroatoms. The van der Waals surface area contributed by atoms with Crippen LogP contribution in [0.25, 0.3) is 0 Å². The van der Waals surface area contributed by atoms with E-state index in [1.54, 1.807) is 61.5 Å². The molecule has 0 aliphatic heterocycles. The van der Waals surface area contributed by atoms with Crippen LogP contribution >= 0.6 is 23.2 Å². The highest BCUT2D eigenvalue weighted by Gasteiger charge is 2.35. The second kappa shape index (κ2) is 15.4. The Balaban J connectivity index is 1.82. The molecule has 0 heterocycles. The molecule has 45 heavy (non-hydrogen) atoms. The maximum absolute atomic E-state index is 14.5. The Morgan fingerprint density at radius 3 is 2.13 bits per heavy atom. The summed E-state index contributed by atoms with van der Waals surface area (Å²) in [5, 5.41) is 3.84. The Bertz CT molecular complexity index is 1710. The fraction of sp³-hybridized carbons (Fsp3) is 0.257. The third-order valence-electron chi connectivity index (χ3n) is 7.48. The number of hydrogen-bond donors (Lipinski definition) is 1. The molecule has 2 amide bonds. The number of hydrogen-bond acceptors (Lipinski definition) is 4. The van der Waals surface area contributed by atoms with Gasteiger partial charge in [0.15, 0.2) is 0 Å². The average molecular weight is 667 g/mol. The molecule has 4 aromatic rings. The Hall–Kier alpha value is -3.85. The Morgan fingerprint density at radius 2 is 1.49 bits per heavy atom. The lowest BCUT2D eigenvalue weighted by atomic mass is 10.0. The van der Waals surface area contributed by atoms with Crippen molar-refractivity contribution in [1.82, 2.24) is 10.2 Å². The van der Waals surface area contributed by atoms with Gasteiger partial charge in [-0.1, -0.05) is 96.4 Å². The van der Waals surface area contributed by atoms with Crippen molar-refractivity contribution < 1.29 is 18.0 Å². The minimum Gasteiger partial charge on any atom is -0.354 e. The Labute approximate surface area is 275 Å². The number of benzene rings is 4. The molecular formula is C35H37Cl2N3O4S. The van der Waals surface area contributed by atoms with Crippen LogP contribution in [0.1, 0.15) is 35.6 Å². The van der Waals surface area contributed by atoms with Crippen LogP contribution in [-0.2, 0) is 32.6 Å². The Kier molecular flexibility index (Phi) is 11.7. The van der Waals surface area contributed by atoms with Crippen molar-refractivity contribution >= 4 is 50.7 Å². The van der Waals surface area contributed by atoms with E-state index >= 15 is 0 Å². The largest absolute Gasteiger partial charge is 0.354 e. The van der Waals surface area contributed by atoms with Gasteiger partial charge in [-0.15, -0.1) is 0 Å². The smallest absolute Gasteiger partial charge is 0.264 e. The van der Waals surface area contributed by atoms with E-state index in [2.05, 4.69) is 5.32 Å². The van der Waals surface area contributed by atoms with Gasteiger partial charge in [0.05, 0.1) is 10.6 Å².